The van der Waals surface area contributed by atoms with E-state index in [0.717, 1.165) is 31.5 Å². The number of hydrogen-bond donors (Lipinski definition) is 1. The van der Waals surface area contributed by atoms with Gasteiger partial charge in [0, 0.05) is 0 Å². The highest BCUT2D eigenvalue weighted by molar-refractivity contribution is 5.23. The molecule has 1 aromatic rings. The molecule has 0 spiro atoms. The summed E-state index contributed by atoms with van der Waals surface area (Å²) in [5.74, 6) is 0.941. The number of halogens is 1. The van der Waals surface area contributed by atoms with E-state index in [4.69, 9.17) is 0 Å². The van der Waals surface area contributed by atoms with E-state index in [2.05, 4.69) is 12.2 Å². The first-order valence-corrected chi connectivity index (χ1v) is 5.78. The van der Waals surface area contributed by atoms with E-state index < -0.39 is 0 Å². The molecule has 0 bridgehead atoms. The van der Waals surface area contributed by atoms with Crippen LogP contribution in [0, 0.1) is 11.7 Å². The summed E-state index contributed by atoms with van der Waals surface area (Å²) in [4.78, 5) is 0. The van der Waals surface area contributed by atoms with Gasteiger partial charge in [0.25, 0.3) is 0 Å². The van der Waals surface area contributed by atoms with Crippen LogP contribution in [0.1, 0.15) is 31.2 Å². The predicted octanol–water partition coefficient (Wildman–Crippen LogP) is 2.93. The number of rotatable bonds is 2. The summed E-state index contributed by atoms with van der Waals surface area (Å²) in [5, 5.41) is 3.38. The number of piperidine rings is 1. The minimum absolute atomic E-state index is 0.0390. The lowest BCUT2D eigenvalue weighted by Gasteiger charge is -2.32. The van der Waals surface area contributed by atoms with Crippen molar-refractivity contribution in [2.45, 2.75) is 25.7 Å². The first-order chi connectivity index (χ1) is 7.33. The Kier molecular flexibility index (Phi) is 3.37. The van der Waals surface area contributed by atoms with Crippen LogP contribution in [0.15, 0.2) is 24.3 Å². The van der Waals surface area contributed by atoms with Crippen molar-refractivity contribution in [1.82, 2.24) is 5.32 Å². The zero-order chi connectivity index (χ0) is 10.7. The number of nitrogens with one attached hydrogen (secondary N) is 1. The van der Waals surface area contributed by atoms with Crippen molar-refractivity contribution < 1.29 is 4.39 Å². The Hall–Kier alpha value is -0.890. The van der Waals surface area contributed by atoms with Crippen LogP contribution in [-0.2, 0) is 0 Å². The molecule has 1 aromatic carbocycles. The van der Waals surface area contributed by atoms with Gasteiger partial charge in [-0.15, -0.1) is 0 Å². The maximum absolute atomic E-state index is 13.7. The topological polar surface area (TPSA) is 12.0 Å². The summed E-state index contributed by atoms with van der Waals surface area (Å²) in [6, 6.07) is 7.21. The summed E-state index contributed by atoms with van der Waals surface area (Å²) in [7, 11) is 0. The fraction of sp³-hybridized carbons (Fsp3) is 0.538. The predicted molar refractivity (Wildman–Crippen MR) is 60.4 cm³/mol. The zero-order valence-corrected chi connectivity index (χ0v) is 9.17. The van der Waals surface area contributed by atoms with Crippen molar-refractivity contribution >= 4 is 0 Å². The van der Waals surface area contributed by atoms with Crippen LogP contribution >= 0.6 is 0 Å². The molecule has 82 valence electrons. The molecule has 1 aliphatic rings. The molecule has 1 fully saturated rings. The fourth-order valence-electron chi connectivity index (χ4n) is 2.54. The van der Waals surface area contributed by atoms with Crippen LogP contribution in [-0.4, -0.2) is 13.1 Å². The smallest absolute Gasteiger partial charge is 0.126 e. The van der Waals surface area contributed by atoms with E-state index in [1.54, 1.807) is 12.1 Å². The van der Waals surface area contributed by atoms with Crippen molar-refractivity contribution in [3.63, 3.8) is 0 Å². The average Bonchev–Trinajstić information content (AvgIpc) is 2.30. The molecule has 15 heavy (non-hydrogen) atoms. The summed E-state index contributed by atoms with van der Waals surface area (Å²) >= 11 is 0. The van der Waals surface area contributed by atoms with Crippen LogP contribution < -0.4 is 5.32 Å². The van der Waals surface area contributed by atoms with E-state index in [9.17, 15) is 4.39 Å². The molecular weight excluding hydrogens is 189 g/mol. The van der Waals surface area contributed by atoms with Crippen molar-refractivity contribution in [3.05, 3.63) is 35.6 Å². The Morgan fingerprint density at radius 1 is 1.40 bits per heavy atom. The van der Waals surface area contributed by atoms with Gasteiger partial charge in [-0.1, -0.05) is 31.5 Å². The van der Waals surface area contributed by atoms with Gasteiger partial charge in [0.1, 0.15) is 5.82 Å². The van der Waals surface area contributed by atoms with Crippen molar-refractivity contribution in [1.29, 1.82) is 0 Å². The maximum Gasteiger partial charge on any atom is 0.126 e. The number of hydrogen-bond acceptors (Lipinski definition) is 1. The van der Waals surface area contributed by atoms with E-state index >= 15 is 0 Å². The molecule has 1 heterocycles. The Bertz CT molecular complexity index is 324. The summed E-state index contributed by atoms with van der Waals surface area (Å²) < 4.78 is 13.7. The Morgan fingerprint density at radius 3 is 2.93 bits per heavy atom. The summed E-state index contributed by atoms with van der Waals surface area (Å²) in [6.45, 7) is 4.22. The van der Waals surface area contributed by atoms with Crippen LogP contribution in [0.3, 0.4) is 0 Å². The third-order valence-corrected chi connectivity index (χ3v) is 3.44. The largest absolute Gasteiger partial charge is 0.316 e. The normalized spacial score (nSPS) is 26.5. The highest BCUT2D eigenvalue weighted by atomic mass is 19.1. The van der Waals surface area contributed by atoms with E-state index in [-0.39, 0.29) is 5.82 Å². The lowest BCUT2D eigenvalue weighted by molar-refractivity contribution is 0.311. The van der Waals surface area contributed by atoms with Crippen molar-refractivity contribution in [3.8, 4) is 0 Å². The molecule has 2 unspecified atom stereocenters. The van der Waals surface area contributed by atoms with Crippen LogP contribution in [0.5, 0.6) is 0 Å². The lowest BCUT2D eigenvalue weighted by atomic mass is 9.79. The zero-order valence-electron chi connectivity index (χ0n) is 9.17. The molecular formula is C13H18FN. The van der Waals surface area contributed by atoms with Gasteiger partial charge < -0.3 is 5.32 Å². The molecule has 2 rings (SSSR count). The molecule has 0 saturated carbocycles. The Labute approximate surface area is 90.7 Å². The monoisotopic (exact) mass is 207 g/mol. The van der Waals surface area contributed by atoms with Gasteiger partial charge in [0.15, 0.2) is 0 Å². The van der Waals surface area contributed by atoms with Crippen molar-refractivity contribution in [2.24, 2.45) is 5.92 Å². The first kappa shape index (κ1) is 10.6. The van der Waals surface area contributed by atoms with Gasteiger partial charge in [-0.3, -0.25) is 0 Å². The summed E-state index contributed by atoms with van der Waals surface area (Å²) in [5.41, 5.74) is 0.908. The third kappa shape index (κ3) is 2.20. The second-order valence-electron chi connectivity index (χ2n) is 4.29. The molecule has 1 nitrogen and oxygen atoms in total. The molecule has 1 saturated heterocycles. The third-order valence-electron chi connectivity index (χ3n) is 3.44. The lowest BCUT2D eigenvalue weighted by Crippen LogP contribution is -2.35. The minimum Gasteiger partial charge on any atom is -0.316 e. The van der Waals surface area contributed by atoms with Gasteiger partial charge >= 0.3 is 0 Å². The summed E-state index contributed by atoms with van der Waals surface area (Å²) in [6.07, 6.45) is 2.17. The van der Waals surface area contributed by atoms with Crippen LogP contribution in [0.4, 0.5) is 4.39 Å². The molecule has 2 atom stereocenters. The van der Waals surface area contributed by atoms with Gasteiger partial charge in [0.05, 0.1) is 0 Å². The van der Waals surface area contributed by atoms with E-state index in [1.807, 2.05) is 12.1 Å². The Balaban J connectivity index is 2.24. The van der Waals surface area contributed by atoms with Gasteiger partial charge in [-0.2, -0.15) is 0 Å². The molecule has 1 aliphatic heterocycles. The van der Waals surface area contributed by atoms with Crippen LogP contribution in [0.25, 0.3) is 0 Å². The molecule has 2 heteroatoms. The van der Waals surface area contributed by atoms with E-state index in [0.29, 0.717) is 11.8 Å². The SMILES string of the molecule is CCC1CNCCC1c1ccccc1F. The molecule has 0 aromatic heterocycles. The second kappa shape index (κ2) is 4.75. The number of benzene rings is 1. The van der Waals surface area contributed by atoms with Crippen molar-refractivity contribution in [2.75, 3.05) is 13.1 Å². The fourth-order valence-corrected chi connectivity index (χ4v) is 2.54. The molecule has 1 N–H and O–H groups in total. The highest BCUT2D eigenvalue weighted by Crippen LogP contribution is 2.33. The van der Waals surface area contributed by atoms with Crippen LogP contribution in [0.2, 0.25) is 0 Å². The first-order valence-electron chi connectivity index (χ1n) is 5.78. The van der Waals surface area contributed by atoms with Gasteiger partial charge in [-0.25, -0.2) is 4.39 Å². The maximum atomic E-state index is 13.7. The highest BCUT2D eigenvalue weighted by Gasteiger charge is 2.26. The minimum atomic E-state index is -0.0390. The second-order valence-corrected chi connectivity index (χ2v) is 4.29. The van der Waals surface area contributed by atoms with Gasteiger partial charge in [0.2, 0.25) is 0 Å². The van der Waals surface area contributed by atoms with Gasteiger partial charge in [-0.05, 0) is 43.0 Å². The molecule has 0 radical (unpaired) electrons. The quantitative estimate of drug-likeness (QED) is 0.786. The molecule has 0 amide bonds. The average molecular weight is 207 g/mol. The standard InChI is InChI=1S/C13H18FN/c1-2-10-9-15-8-7-11(10)12-5-3-4-6-13(12)14/h3-6,10-11,15H,2,7-9H2,1H3. The Morgan fingerprint density at radius 2 is 2.20 bits per heavy atom. The van der Waals surface area contributed by atoms with E-state index in [1.165, 1.54) is 0 Å². The molecule has 0 aliphatic carbocycles.